The quantitative estimate of drug-likeness (QED) is 0.533. The number of benzene rings is 1. The summed E-state index contributed by atoms with van der Waals surface area (Å²) in [6.45, 7) is 0.891. The SMILES string of the molecule is COc1ccc2nc(OC3CCN(S(=O)(=O)c4ccc(Br)s4)CC3)sc2c1. The van der Waals surface area contributed by atoms with Crippen molar-refractivity contribution < 1.29 is 17.9 Å². The number of hydrogen-bond acceptors (Lipinski definition) is 7. The molecular weight excluding hydrogens is 472 g/mol. The van der Waals surface area contributed by atoms with Crippen molar-refractivity contribution in [3.8, 4) is 10.9 Å². The van der Waals surface area contributed by atoms with E-state index in [2.05, 4.69) is 20.9 Å². The number of sulfonamides is 1. The minimum atomic E-state index is -3.43. The molecule has 4 rings (SSSR count). The lowest BCUT2D eigenvalue weighted by Gasteiger charge is -2.30. The van der Waals surface area contributed by atoms with Crippen LogP contribution < -0.4 is 9.47 Å². The molecule has 0 radical (unpaired) electrons. The fourth-order valence-electron chi connectivity index (χ4n) is 2.96. The number of thiophene rings is 1. The van der Waals surface area contributed by atoms with E-state index in [1.54, 1.807) is 19.2 Å². The molecule has 0 N–H and O–H groups in total. The summed E-state index contributed by atoms with van der Waals surface area (Å²) in [4.78, 5) is 4.51. The maximum Gasteiger partial charge on any atom is 0.274 e. The van der Waals surface area contributed by atoms with Gasteiger partial charge in [-0.2, -0.15) is 4.31 Å². The summed E-state index contributed by atoms with van der Waals surface area (Å²) >= 11 is 6.03. The fraction of sp³-hybridized carbons (Fsp3) is 0.353. The van der Waals surface area contributed by atoms with Crippen LogP contribution in [0.1, 0.15) is 12.8 Å². The normalized spacial score (nSPS) is 16.7. The molecule has 0 saturated carbocycles. The molecule has 1 aliphatic rings. The van der Waals surface area contributed by atoms with Gasteiger partial charge in [0.05, 0.1) is 21.1 Å². The monoisotopic (exact) mass is 488 g/mol. The summed E-state index contributed by atoms with van der Waals surface area (Å²) in [7, 11) is -1.79. The molecule has 2 aromatic heterocycles. The average Bonchev–Trinajstić information content (AvgIpc) is 3.27. The molecule has 1 aliphatic heterocycles. The van der Waals surface area contributed by atoms with Gasteiger partial charge in [-0.15, -0.1) is 11.3 Å². The predicted molar refractivity (Wildman–Crippen MR) is 111 cm³/mol. The number of fused-ring (bicyclic) bond motifs is 1. The van der Waals surface area contributed by atoms with Crippen LogP contribution in [0.5, 0.6) is 10.9 Å². The number of aromatic nitrogens is 1. The zero-order valence-corrected chi connectivity index (χ0v) is 18.5. The highest BCUT2D eigenvalue weighted by Crippen LogP contribution is 2.33. The maximum atomic E-state index is 12.7. The number of thiazole rings is 1. The van der Waals surface area contributed by atoms with Gasteiger partial charge in [-0.1, -0.05) is 11.3 Å². The van der Waals surface area contributed by atoms with Gasteiger partial charge >= 0.3 is 0 Å². The number of halogens is 1. The summed E-state index contributed by atoms with van der Waals surface area (Å²) < 4.78 is 40.4. The molecule has 144 valence electrons. The number of hydrogen-bond donors (Lipinski definition) is 0. The summed E-state index contributed by atoms with van der Waals surface area (Å²) in [5.41, 5.74) is 0.874. The second-order valence-corrected chi connectivity index (χ2v) is 11.7. The zero-order valence-electron chi connectivity index (χ0n) is 14.4. The lowest BCUT2D eigenvalue weighted by atomic mass is 10.1. The summed E-state index contributed by atoms with van der Waals surface area (Å²) in [5.74, 6) is 0.788. The zero-order chi connectivity index (χ0) is 19.0. The topological polar surface area (TPSA) is 68.7 Å². The van der Waals surface area contributed by atoms with Crippen molar-refractivity contribution in [2.24, 2.45) is 0 Å². The molecule has 0 bridgehead atoms. The van der Waals surface area contributed by atoms with Crippen molar-refractivity contribution in [2.75, 3.05) is 20.2 Å². The van der Waals surface area contributed by atoms with Gasteiger partial charge in [-0.05, 0) is 59.1 Å². The Balaban J connectivity index is 1.41. The van der Waals surface area contributed by atoms with Gasteiger partial charge in [0.25, 0.3) is 15.2 Å². The van der Waals surface area contributed by atoms with Crippen LogP contribution in [0.2, 0.25) is 0 Å². The third-order valence-corrected chi connectivity index (χ3v) is 9.29. The van der Waals surface area contributed by atoms with Crippen molar-refractivity contribution in [3.05, 3.63) is 34.1 Å². The Labute approximate surface area is 173 Å². The van der Waals surface area contributed by atoms with E-state index in [0.717, 1.165) is 19.8 Å². The van der Waals surface area contributed by atoms with E-state index in [9.17, 15) is 8.42 Å². The summed E-state index contributed by atoms with van der Waals surface area (Å²) in [6.07, 6.45) is 1.25. The Morgan fingerprint density at radius 3 is 2.63 bits per heavy atom. The Hall–Kier alpha value is -1.20. The predicted octanol–water partition coefficient (Wildman–Crippen LogP) is 4.36. The van der Waals surface area contributed by atoms with Crippen molar-refractivity contribution in [1.82, 2.24) is 9.29 Å². The molecule has 0 aliphatic carbocycles. The van der Waals surface area contributed by atoms with Crippen LogP contribution in [-0.2, 0) is 10.0 Å². The van der Waals surface area contributed by atoms with Crippen molar-refractivity contribution in [1.29, 1.82) is 0 Å². The van der Waals surface area contributed by atoms with Gasteiger partial charge in [-0.3, -0.25) is 0 Å². The van der Waals surface area contributed by atoms with Gasteiger partial charge in [0, 0.05) is 13.1 Å². The van der Waals surface area contributed by atoms with E-state index in [-0.39, 0.29) is 6.10 Å². The number of piperidine rings is 1. The Kier molecular flexibility index (Phi) is 5.43. The highest BCUT2D eigenvalue weighted by molar-refractivity contribution is 9.11. The second kappa shape index (κ2) is 7.67. The lowest BCUT2D eigenvalue weighted by molar-refractivity contribution is 0.135. The lowest BCUT2D eigenvalue weighted by Crippen LogP contribution is -2.41. The highest BCUT2D eigenvalue weighted by atomic mass is 79.9. The van der Waals surface area contributed by atoms with Crippen molar-refractivity contribution in [3.63, 3.8) is 0 Å². The fourth-order valence-corrected chi connectivity index (χ4v) is 7.50. The molecule has 0 spiro atoms. The molecule has 1 fully saturated rings. The molecule has 3 heterocycles. The number of rotatable bonds is 5. The van der Waals surface area contributed by atoms with Crippen LogP contribution >= 0.6 is 38.6 Å². The molecule has 3 aromatic rings. The van der Waals surface area contributed by atoms with E-state index in [0.29, 0.717) is 35.3 Å². The smallest absolute Gasteiger partial charge is 0.274 e. The van der Waals surface area contributed by atoms with E-state index < -0.39 is 10.0 Å². The van der Waals surface area contributed by atoms with Crippen LogP contribution in [0.4, 0.5) is 0 Å². The van der Waals surface area contributed by atoms with Crippen LogP contribution in [0.15, 0.2) is 38.3 Å². The first-order chi connectivity index (χ1) is 13.0. The molecule has 0 amide bonds. The Morgan fingerprint density at radius 1 is 1.19 bits per heavy atom. The van der Waals surface area contributed by atoms with E-state index in [1.165, 1.54) is 27.0 Å². The molecule has 1 aromatic carbocycles. The van der Waals surface area contributed by atoms with Gasteiger partial charge in [0.2, 0.25) is 0 Å². The summed E-state index contributed by atoms with van der Waals surface area (Å²) in [6, 6.07) is 9.12. The van der Waals surface area contributed by atoms with E-state index >= 15 is 0 Å². The highest BCUT2D eigenvalue weighted by Gasteiger charge is 2.31. The van der Waals surface area contributed by atoms with Crippen molar-refractivity contribution in [2.45, 2.75) is 23.2 Å². The second-order valence-electron chi connectivity index (χ2n) is 6.09. The number of nitrogens with zero attached hydrogens (tertiary/aromatic N) is 2. The maximum absolute atomic E-state index is 12.7. The first kappa shape index (κ1) is 19.1. The molecule has 10 heteroatoms. The van der Waals surface area contributed by atoms with Crippen LogP contribution in [0.3, 0.4) is 0 Å². The Bertz CT molecular complexity index is 1060. The van der Waals surface area contributed by atoms with Gasteiger partial charge in [0.15, 0.2) is 0 Å². The molecular formula is C17H17BrN2O4S3. The van der Waals surface area contributed by atoms with Crippen LogP contribution in [-0.4, -0.2) is 44.0 Å². The molecule has 1 saturated heterocycles. The average molecular weight is 489 g/mol. The van der Waals surface area contributed by atoms with Crippen LogP contribution in [0, 0.1) is 0 Å². The molecule has 27 heavy (non-hydrogen) atoms. The standard InChI is InChI=1S/C17H17BrN2O4S3/c1-23-12-2-3-13-14(10-12)25-17(19-13)24-11-6-8-20(9-7-11)27(21,22)16-5-4-15(18)26-16/h2-5,10-11H,6-9H2,1H3. The van der Waals surface area contributed by atoms with Gasteiger partial charge in [-0.25, -0.2) is 13.4 Å². The van der Waals surface area contributed by atoms with Gasteiger partial charge < -0.3 is 9.47 Å². The first-order valence-electron chi connectivity index (χ1n) is 8.32. The first-order valence-corrected chi connectivity index (χ1v) is 12.2. The van der Waals surface area contributed by atoms with Gasteiger partial charge in [0.1, 0.15) is 16.1 Å². The number of methoxy groups -OCH3 is 1. The van der Waals surface area contributed by atoms with Crippen LogP contribution in [0.25, 0.3) is 10.2 Å². The van der Waals surface area contributed by atoms with E-state index in [1.807, 2.05) is 18.2 Å². The minimum absolute atomic E-state index is 0.0334. The van der Waals surface area contributed by atoms with E-state index in [4.69, 9.17) is 9.47 Å². The third-order valence-electron chi connectivity index (χ3n) is 4.39. The summed E-state index contributed by atoms with van der Waals surface area (Å²) in [5, 5.41) is 0.613. The van der Waals surface area contributed by atoms with Crippen molar-refractivity contribution >= 4 is 58.8 Å². The largest absolute Gasteiger partial charge is 0.497 e. The molecule has 0 unspecified atom stereocenters. The molecule has 6 nitrogen and oxygen atoms in total. The Morgan fingerprint density at radius 2 is 1.96 bits per heavy atom. The third kappa shape index (κ3) is 4.00. The number of ether oxygens (including phenoxy) is 2. The minimum Gasteiger partial charge on any atom is -0.497 e. The molecule has 0 atom stereocenters.